The van der Waals surface area contributed by atoms with Crippen LogP contribution in [0.4, 0.5) is 0 Å². The van der Waals surface area contributed by atoms with Crippen LogP contribution in [0.2, 0.25) is 0 Å². The van der Waals surface area contributed by atoms with Crippen LogP contribution in [0.25, 0.3) is 0 Å². The summed E-state index contributed by atoms with van der Waals surface area (Å²) < 4.78 is 11.6. The first-order valence-electron chi connectivity index (χ1n) is 13.9. The highest BCUT2D eigenvalue weighted by atomic mass is 16.5. The molecule has 0 aromatic carbocycles. The fourth-order valence-electron chi connectivity index (χ4n) is 6.75. The minimum Gasteiger partial charge on any atom is -0.466 e. The average molecular weight is 451 g/mol. The Hall–Kier alpha value is -1.06. The predicted octanol–water partition coefficient (Wildman–Crippen LogP) is 7.48. The topological polar surface area (TPSA) is 52.6 Å². The largest absolute Gasteiger partial charge is 0.466 e. The number of ether oxygens (including phenoxy) is 2. The van der Waals surface area contributed by atoms with Crippen molar-refractivity contribution in [1.82, 2.24) is 0 Å². The van der Waals surface area contributed by atoms with Gasteiger partial charge in [-0.2, -0.15) is 0 Å². The number of unbranched alkanes of at least 4 members (excludes halogenated alkanes) is 1. The average Bonchev–Trinajstić information content (AvgIpc) is 2.82. The van der Waals surface area contributed by atoms with Crippen LogP contribution >= 0.6 is 0 Å². The summed E-state index contributed by atoms with van der Waals surface area (Å²) in [5.41, 5.74) is -0.737. The molecule has 2 rings (SSSR count). The Kier molecular flexibility index (Phi) is 12.1. The van der Waals surface area contributed by atoms with Crippen LogP contribution in [0.5, 0.6) is 0 Å². The summed E-state index contributed by atoms with van der Waals surface area (Å²) in [7, 11) is 0. The summed E-state index contributed by atoms with van der Waals surface area (Å²) in [5.74, 6) is 0.302. The molecule has 0 aromatic rings. The summed E-state index contributed by atoms with van der Waals surface area (Å²) in [4.78, 5) is 27.7. The lowest BCUT2D eigenvalue weighted by Crippen LogP contribution is -2.54. The molecule has 2 fully saturated rings. The Labute approximate surface area is 197 Å². The van der Waals surface area contributed by atoms with Gasteiger partial charge in [0.05, 0.1) is 24.5 Å². The third-order valence-electron chi connectivity index (χ3n) is 8.38. The predicted molar refractivity (Wildman–Crippen MR) is 130 cm³/mol. The Morgan fingerprint density at radius 2 is 1.44 bits per heavy atom. The summed E-state index contributed by atoms with van der Waals surface area (Å²) in [6, 6.07) is 0. The van der Waals surface area contributed by atoms with E-state index in [1.54, 1.807) is 0 Å². The molecule has 3 unspecified atom stereocenters. The van der Waals surface area contributed by atoms with E-state index in [-0.39, 0.29) is 29.7 Å². The van der Waals surface area contributed by atoms with Gasteiger partial charge in [0, 0.05) is 0 Å². The third-order valence-corrected chi connectivity index (χ3v) is 8.38. The molecule has 0 saturated heterocycles. The Morgan fingerprint density at radius 3 is 1.97 bits per heavy atom. The van der Waals surface area contributed by atoms with E-state index in [1.165, 1.54) is 19.3 Å². The van der Waals surface area contributed by atoms with Crippen LogP contribution < -0.4 is 0 Å². The summed E-state index contributed by atoms with van der Waals surface area (Å²) in [6.07, 6.45) is 16.5. The van der Waals surface area contributed by atoms with E-state index in [0.717, 1.165) is 77.0 Å². The van der Waals surface area contributed by atoms with E-state index in [2.05, 4.69) is 13.8 Å². The van der Waals surface area contributed by atoms with Gasteiger partial charge in [-0.3, -0.25) is 9.59 Å². The van der Waals surface area contributed by atoms with Crippen molar-refractivity contribution < 1.29 is 19.1 Å². The molecule has 0 aromatic heterocycles. The van der Waals surface area contributed by atoms with E-state index in [0.29, 0.717) is 19.1 Å². The maximum absolute atomic E-state index is 14.1. The fraction of sp³-hybridized carbons (Fsp3) is 0.929. The smallest absolute Gasteiger partial charge is 0.313 e. The first kappa shape index (κ1) is 27.2. The first-order valence-corrected chi connectivity index (χ1v) is 13.9. The molecule has 2 aliphatic rings. The van der Waals surface area contributed by atoms with Gasteiger partial charge in [-0.15, -0.1) is 0 Å². The lowest BCUT2D eigenvalue weighted by atomic mass is 9.54. The van der Waals surface area contributed by atoms with Crippen LogP contribution in [0.15, 0.2) is 0 Å². The molecular formula is C28H50O4. The molecule has 2 aliphatic carbocycles. The quantitative estimate of drug-likeness (QED) is 0.273. The van der Waals surface area contributed by atoms with E-state index >= 15 is 0 Å². The maximum atomic E-state index is 14.1. The van der Waals surface area contributed by atoms with E-state index in [4.69, 9.17) is 9.47 Å². The second kappa shape index (κ2) is 14.3. The fourth-order valence-corrected chi connectivity index (χ4v) is 6.75. The molecule has 0 aliphatic heterocycles. The van der Waals surface area contributed by atoms with Gasteiger partial charge < -0.3 is 9.47 Å². The Bertz CT molecular complexity index is 548. The molecular weight excluding hydrogens is 400 g/mol. The minimum atomic E-state index is -0.737. The van der Waals surface area contributed by atoms with Crippen molar-refractivity contribution in [3.05, 3.63) is 0 Å². The number of hydrogen-bond donors (Lipinski definition) is 0. The molecule has 4 nitrogen and oxygen atoms in total. The van der Waals surface area contributed by atoms with Gasteiger partial charge in [-0.05, 0) is 63.7 Å². The van der Waals surface area contributed by atoms with Gasteiger partial charge in [0.25, 0.3) is 0 Å². The van der Waals surface area contributed by atoms with Crippen LogP contribution in [0.3, 0.4) is 0 Å². The number of carbonyl (C=O) groups is 2. The van der Waals surface area contributed by atoms with Gasteiger partial charge in [0.2, 0.25) is 0 Å². The van der Waals surface area contributed by atoms with Crippen LogP contribution in [0.1, 0.15) is 124 Å². The standard InChI is InChI=1S/C28H50O4/c1-5-9-16-22(6-2)21-28(27(30)32-8-4,24-19-14-11-15-20-24)25(26(29)31-7-3)23-17-12-10-13-18-23/h22-25H,5-21H2,1-4H3. The monoisotopic (exact) mass is 450 g/mol. The number of esters is 2. The highest BCUT2D eigenvalue weighted by Crippen LogP contribution is 2.54. The first-order chi connectivity index (χ1) is 15.5. The molecule has 4 heteroatoms. The van der Waals surface area contributed by atoms with Crippen molar-refractivity contribution in [2.75, 3.05) is 13.2 Å². The molecule has 32 heavy (non-hydrogen) atoms. The molecule has 0 amide bonds. The van der Waals surface area contributed by atoms with Crippen LogP contribution in [0, 0.1) is 29.1 Å². The third kappa shape index (κ3) is 6.73. The van der Waals surface area contributed by atoms with E-state index in [1.807, 2.05) is 13.8 Å². The second-order valence-electron chi connectivity index (χ2n) is 10.3. The maximum Gasteiger partial charge on any atom is 0.313 e. The molecule has 3 atom stereocenters. The molecule has 2 saturated carbocycles. The Balaban J connectivity index is 2.59. The van der Waals surface area contributed by atoms with E-state index in [9.17, 15) is 9.59 Å². The lowest BCUT2D eigenvalue weighted by molar-refractivity contribution is -0.183. The highest BCUT2D eigenvalue weighted by molar-refractivity contribution is 5.86. The van der Waals surface area contributed by atoms with Gasteiger partial charge >= 0.3 is 11.9 Å². The molecule has 0 N–H and O–H groups in total. The number of hydrogen-bond acceptors (Lipinski definition) is 4. The minimum absolute atomic E-state index is 0.106. The van der Waals surface area contributed by atoms with Crippen molar-refractivity contribution in [3.63, 3.8) is 0 Å². The zero-order valence-electron chi connectivity index (χ0n) is 21.5. The molecule has 0 spiro atoms. The normalized spacial score (nSPS) is 22.0. The summed E-state index contributed by atoms with van der Waals surface area (Å²) in [6.45, 7) is 9.02. The van der Waals surface area contributed by atoms with Crippen molar-refractivity contribution >= 4 is 11.9 Å². The van der Waals surface area contributed by atoms with Gasteiger partial charge in [-0.1, -0.05) is 78.1 Å². The summed E-state index contributed by atoms with van der Waals surface area (Å²) in [5, 5.41) is 0. The van der Waals surface area contributed by atoms with Gasteiger partial charge in [0.1, 0.15) is 0 Å². The second-order valence-corrected chi connectivity index (χ2v) is 10.3. The molecule has 0 bridgehead atoms. The van der Waals surface area contributed by atoms with Crippen molar-refractivity contribution in [2.24, 2.45) is 29.1 Å². The van der Waals surface area contributed by atoms with Crippen LogP contribution in [-0.4, -0.2) is 25.2 Å². The molecule has 186 valence electrons. The summed E-state index contributed by atoms with van der Waals surface area (Å²) >= 11 is 0. The molecule has 0 radical (unpaired) electrons. The zero-order chi connectivity index (χ0) is 23.4. The Morgan fingerprint density at radius 1 is 0.844 bits per heavy atom. The highest BCUT2D eigenvalue weighted by Gasteiger charge is 2.58. The zero-order valence-corrected chi connectivity index (χ0v) is 21.5. The van der Waals surface area contributed by atoms with Crippen molar-refractivity contribution in [3.8, 4) is 0 Å². The van der Waals surface area contributed by atoms with Crippen LogP contribution in [-0.2, 0) is 19.1 Å². The van der Waals surface area contributed by atoms with Crippen molar-refractivity contribution in [1.29, 1.82) is 0 Å². The number of rotatable bonds is 13. The SMILES string of the molecule is CCCCC(CC)CC(C(=O)OCC)(C1CCCCC1)C(C(=O)OCC)C1CCCCC1. The lowest BCUT2D eigenvalue weighted by Gasteiger charge is -2.49. The number of carbonyl (C=O) groups excluding carboxylic acids is 2. The van der Waals surface area contributed by atoms with Crippen molar-refractivity contribution in [2.45, 2.75) is 124 Å². The molecule has 0 heterocycles. The van der Waals surface area contributed by atoms with E-state index < -0.39 is 5.41 Å². The van der Waals surface area contributed by atoms with Gasteiger partial charge in [-0.25, -0.2) is 0 Å². The van der Waals surface area contributed by atoms with Gasteiger partial charge in [0.15, 0.2) is 0 Å².